The molecule has 3 rings (SSSR count). The molecule has 0 aliphatic rings. The van der Waals surface area contributed by atoms with E-state index < -0.39 is 6.10 Å². The van der Waals surface area contributed by atoms with E-state index in [1.807, 2.05) is 78.9 Å². The molecule has 26 heavy (non-hydrogen) atoms. The lowest BCUT2D eigenvalue weighted by molar-refractivity contribution is 0.174. The second-order valence-corrected chi connectivity index (χ2v) is 7.00. The Morgan fingerprint density at radius 3 is 2.35 bits per heavy atom. The van der Waals surface area contributed by atoms with Gasteiger partial charge < -0.3 is 15.2 Å². The molecule has 0 aromatic heterocycles. The van der Waals surface area contributed by atoms with Crippen molar-refractivity contribution < 1.29 is 9.84 Å². The van der Waals surface area contributed by atoms with Crippen LogP contribution in [0.4, 0.5) is 0 Å². The van der Waals surface area contributed by atoms with Crippen LogP contribution in [0.1, 0.15) is 22.8 Å². The number of benzene rings is 3. The normalized spacial score (nSPS) is 11.9. The average molecular weight is 412 g/mol. The van der Waals surface area contributed by atoms with E-state index in [-0.39, 0.29) is 0 Å². The summed E-state index contributed by atoms with van der Waals surface area (Å²) in [5.74, 6) is 0.846. The molecule has 0 heterocycles. The maximum atomic E-state index is 10.3. The molecule has 0 fully saturated rings. The van der Waals surface area contributed by atoms with Gasteiger partial charge in [-0.2, -0.15) is 0 Å². The largest absolute Gasteiger partial charge is 0.489 e. The van der Waals surface area contributed by atoms with Crippen molar-refractivity contribution in [2.24, 2.45) is 0 Å². The Bertz CT molecular complexity index is 809. The lowest BCUT2D eigenvalue weighted by Crippen LogP contribution is -2.21. The van der Waals surface area contributed by atoms with Gasteiger partial charge in [0.05, 0.1) is 6.10 Å². The molecule has 0 saturated heterocycles. The first-order chi connectivity index (χ1) is 12.7. The van der Waals surface area contributed by atoms with Crippen LogP contribution in [0.25, 0.3) is 0 Å². The fourth-order valence-corrected chi connectivity index (χ4v) is 3.11. The SMILES string of the molecule is O[C@@H](CNCc1cc(Br)ccc1OCc1ccccc1)c1ccccc1. The first-order valence-electron chi connectivity index (χ1n) is 8.61. The van der Waals surface area contributed by atoms with Gasteiger partial charge in [0.2, 0.25) is 0 Å². The molecule has 3 aromatic rings. The molecule has 0 aliphatic heterocycles. The number of aliphatic hydroxyl groups is 1. The van der Waals surface area contributed by atoms with E-state index in [0.29, 0.717) is 19.7 Å². The fourth-order valence-electron chi connectivity index (χ4n) is 2.70. The van der Waals surface area contributed by atoms with Crippen molar-refractivity contribution in [2.45, 2.75) is 19.3 Å². The molecule has 0 aliphatic carbocycles. The van der Waals surface area contributed by atoms with Crippen molar-refractivity contribution in [3.63, 3.8) is 0 Å². The van der Waals surface area contributed by atoms with Gasteiger partial charge in [0.1, 0.15) is 12.4 Å². The number of nitrogens with one attached hydrogen (secondary N) is 1. The maximum Gasteiger partial charge on any atom is 0.124 e. The van der Waals surface area contributed by atoms with Crippen LogP contribution in [0.15, 0.2) is 83.3 Å². The van der Waals surface area contributed by atoms with Crippen molar-refractivity contribution >= 4 is 15.9 Å². The molecule has 3 nitrogen and oxygen atoms in total. The third kappa shape index (κ3) is 5.43. The Hall–Kier alpha value is -2.14. The highest BCUT2D eigenvalue weighted by Gasteiger charge is 2.09. The Labute approximate surface area is 162 Å². The summed E-state index contributed by atoms with van der Waals surface area (Å²) in [6.45, 7) is 1.63. The van der Waals surface area contributed by atoms with Crippen LogP contribution in [0.2, 0.25) is 0 Å². The fraction of sp³-hybridized carbons (Fsp3) is 0.182. The van der Waals surface area contributed by atoms with Gasteiger partial charge in [0.15, 0.2) is 0 Å². The smallest absolute Gasteiger partial charge is 0.124 e. The monoisotopic (exact) mass is 411 g/mol. The summed E-state index contributed by atoms with van der Waals surface area (Å²) in [5, 5.41) is 13.6. The molecule has 1 atom stereocenters. The standard InChI is InChI=1S/C22H22BrNO2/c23-20-11-12-22(26-16-17-7-3-1-4-8-17)19(13-20)14-24-15-21(25)18-9-5-2-6-10-18/h1-13,21,24-25H,14-16H2/t21-/m0/s1. The van der Waals surface area contributed by atoms with E-state index in [0.717, 1.165) is 26.9 Å². The molecule has 2 N–H and O–H groups in total. The lowest BCUT2D eigenvalue weighted by atomic mass is 10.1. The van der Waals surface area contributed by atoms with Crippen LogP contribution in [-0.2, 0) is 13.2 Å². The number of ether oxygens (including phenoxy) is 1. The zero-order chi connectivity index (χ0) is 18.2. The molecule has 0 radical (unpaired) electrons. The molecule has 0 saturated carbocycles. The van der Waals surface area contributed by atoms with Crippen molar-refractivity contribution in [2.75, 3.05) is 6.54 Å². The van der Waals surface area contributed by atoms with Gasteiger partial charge >= 0.3 is 0 Å². The summed E-state index contributed by atoms with van der Waals surface area (Å²) in [6, 6.07) is 25.8. The van der Waals surface area contributed by atoms with E-state index in [1.54, 1.807) is 0 Å². The number of hydrogen-bond acceptors (Lipinski definition) is 3. The Morgan fingerprint density at radius 1 is 0.923 bits per heavy atom. The van der Waals surface area contributed by atoms with Crippen molar-refractivity contribution in [3.05, 3.63) is 100 Å². The molecule has 4 heteroatoms. The van der Waals surface area contributed by atoms with Crippen LogP contribution < -0.4 is 10.1 Å². The van der Waals surface area contributed by atoms with Crippen molar-refractivity contribution in [3.8, 4) is 5.75 Å². The Morgan fingerprint density at radius 2 is 1.62 bits per heavy atom. The quantitative estimate of drug-likeness (QED) is 0.556. The predicted octanol–water partition coefficient (Wildman–Crippen LogP) is 4.85. The number of hydrogen-bond donors (Lipinski definition) is 2. The molecule has 0 bridgehead atoms. The van der Waals surface area contributed by atoms with Crippen molar-refractivity contribution in [1.29, 1.82) is 0 Å². The highest BCUT2D eigenvalue weighted by atomic mass is 79.9. The summed E-state index contributed by atoms with van der Waals surface area (Å²) in [6.07, 6.45) is -0.531. The number of rotatable bonds is 8. The summed E-state index contributed by atoms with van der Waals surface area (Å²) in [4.78, 5) is 0. The minimum absolute atomic E-state index is 0.481. The third-order valence-electron chi connectivity index (χ3n) is 4.10. The minimum Gasteiger partial charge on any atom is -0.489 e. The molecule has 3 aromatic carbocycles. The van der Waals surface area contributed by atoms with Crippen LogP contribution in [0.3, 0.4) is 0 Å². The van der Waals surface area contributed by atoms with Gasteiger partial charge in [-0.3, -0.25) is 0 Å². The van der Waals surface area contributed by atoms with E-state index in [2.05, 4.69) is 21.2 Å². The van der Waals surface area contributed by atoms with Gasteiger partial charge in [-0.15, -0.1) is 0 Å². The van der Waals surface area contributed by atoms with Gasteiger partial charge in [0.25, 0.3) is 0 Å². The molecule has 0 amide bonds. The van der Waals surface area contributed by atoms with Crippen LogP contribution >= 0.6 is 15.9 Å². The van der Waals surface area contributed by atoms with E-state index >= 15 is 0 Å². The highest BCUT2D eigenvalue weighted by molar-refractivity contribution is 9.10. The summed E-state index contributed by atoms with van der Waals surface area (Å²) in [5.41, 5.74) is 3.10. The molecular weight excluding hydrogens is 390 g/mol. The summed E-state index contributed by atoms with van der Waals surface area (Å²) in [7, 11) is 0. The zero-order valence-electron chi connectivity index (χ0n) is 14.4. The lowest BCUT2D eigenvalue weighted by Gasteiger charge is -2.15. The highest BCUT2D eigenvalue weighted by Crippen LogP contribution is 2.24. The summed E-state index contributed by atoms with van der Waals surface area (Å²) >= 11 is 3.52. The zero-order valence-corrected chi connectivity index (χ0v) is 16.0. The maximum absolute atomic E-state index is 10.3. The van der Waals surface area contributed by atoms with Gasteiger partial charge in [-0.05, 0) is 29.3 Å². The third-order valence-corrected chi connectivity index (χ3v) is 4.59. The summed E-state index contributed by atoms with van der Waals surface area (Å²) < 4.78 is 7.00. The number of halogens is 1. The van der Waals surface area contributed by atoms with Gasteiger partial charge in [0, 0.05) is 23.1 Å². The molecule has 0 spiro atoms. The van der Waals surface area contributed by atoms with Gasteiger partial charge in [-0.1, -0.05) is 76.6 Å². The second kappa shape index (κ2) is 9.53. The first kappa shape index (κ1) is 18.6. The molecule has 134 valence electrons. The average Bonchev–Trinajstić information content (AvgIpc) is 2.69. The first-order valence-corrected chi connectivity index (χ1v) is 9.40. The minimum atomic E-state index is -0.531. The van der Waals surface area contributed by atoms with Crippen molar-refractivity contribution in [1.82, 2.24) is 5.32 Å². The Balaban J connectivity index is 1.59. The van der Waals surface area contributed by atoms with Crippen LogP contribution in [0.5, 0.6) is 5.75 Å². The molecular formula is C22H22BrNO2. The van der Waals surface area contributed by atoms with E-state index in [9.17, 15) is 5.11 Å². The van der Waals surface area contributed by atoms with E-state index in [4.69, 9.17) is 4.74 Å². The van der Waals surface area contributed by atoms with E-state index in [1.165, 1.54) is 0 Å². The van der Waals surface area contributed by atoms with Crippen LogP contribution in [-0.4, -0.2) is 11.7 Å². The number of aliphatic hydroxyl groups excluding tert-OH is 1. The Kier molecular flexibility index (Phi) is 6.83. The predicted molar refractivity (Wildman–Crippen MR) is 108 cm³/mol. The topological polar surface area (TPSA) is 41.5 Å². The molecule has 0 unspecified atom stereocenters. The second-order valence-electron chi connectivity index (χ2n) is 6.08. The van der Waals surface area contributed by atoms with Gasteiger partial charge in [-0.25, -0.2) is 0 Å². The van der Waals surface area contributed by atoms with Crippen LogP contribution in [0, 0.1) is 0 Å².